The van der Waals surface area contributed by atoms with Crippen LogP contribution in [0, 0.1) is 0 Å². The Morgan fingerprint density at radius 2 is 2.12 bits per heavy atom. The summed E-state index contributed by atoms with van der Waals surface area (Å²) in [6.45, 7) is 7.82. The first kappa shape index (κ1) is 12.9. The molecule has 0 aliphatic rings. The monoisotopic (exact) mass is 223 g/mol. The van der Waals surface area contributed by atoms with Crippen molar-refractivity contribution in [3.05, 3.63) is 17.8 Å². The maximum atomic E-state index is 5.43. The van der Waals surface area contributed by atoms with Gasteiger partial charge in [-0.3, -0.25) is 0 Å². The molecule has 1 N–H and O–H groups in total. The molecule has 0 aliphatic heterocycles. The lowest BCUT2D eigenvalue weighted by Crippen LogP contribution is -2.22. The third-order valence-corrected chi connectivity index (χ3v) is 2.13. The molecule has 0 saturated heterocycles. The lowest BCUT2D eigenvalue weighted by Gasteiger charge is -2.07. The molecule has 0 aliphatic carbocycles. The van der Waals surface area contributed by atoms with Crippen LogP contribution in [0.25, 0.3) is 0 Å². The molecule has 0 saturated carbocycles. The molecule has 90 valence electrons. The summed E-state index contributed by atoms with van der Waals surface area (Å²) in [7, 11) is 0. The van der Waals surface area contributed by atoms with Crippen molar-refractivity contribution < 1.29 is 4.74 Å². The van der Waals surface area contributed by atoms with Gasteiger partial charge in [-0.1, -0.05) is 27.2 Å². The number of nitrogens with zero attached hydrogens (tertiary/aromatic N) is 2. The van der Waals surface area contributed by atoms with Crippen molar-refractivity contribution >= 4 is 0 Å². The quantitative estimate of drug-likeness (QED) is 0.719. The molecule has 0 bridgehead atoms. The van der Waals surface area contributed by atoms with E-state index in [2.05, 4.69) is 36.3 Å². The summed E-state index contributed by atoms with van der Waals surface area (Å²) in [6.07, 6.45) is 2.18. The summed E-state index contributed by atoms with van der Waals surface area (Å²) in [6, 6.07) is 4.28. The van der Waals surface area contributed by atoms with Crippen molar-refractivity contribution in [1.29, 1.82) is 0 Å². The lowest BCUT2D eigenvalue weighted by molar-refractivity contribution is 0.293. The Balaban J connectivity index is 2.35. The molecule has 4 nitrogen and oxygen atoms in total. The van der Waals surface area contributed by atoms with E-state index in [-0.39, 0.29) is 0 Å². The number of hydrogen-bond donors (Lipinski definition) is 1. The lowest BCUT2D eigenvalue weighted by atomic mass is 10.3. The minimum Gasteiger partial charge on any atom is -0.477 e. The minimum atomic E-state index is 0.460. The van der Waals surface area contributed by atoms with Crippen LogP contribution >= 0.6 is 0 Å². The highest BCUT2D eigenvalue weighted by molar-refractivity contribution is 5.11. The zero-order valence-electron chi connectivity index (χ0n) is 10.4. The van der Waals surface area contributed by atoms with Gasteiger partial charge in [-0.2, -0.15) is 5.10 Å². The van der Waals surface area contributed by atoms with Gasteiger partial charge >= 0.3 is 0 Å². The summed E-state index contributed by atoms with van der Waals surface area (Å²) in [4.78, 5) is 0. The summed E-state index contributed by atoms with van der Waals surface area (Å²) in [5, 5.41) is 11.4. The average molecular weight is 223 g/mol. The SMILES string of the molecule is CCCCOc1ccc(CNC(C)C)nn1. The number of hydrogen-bond acceptors (Lipinski definition) is 4. The predicted octanol–water partition coefficient (Wildman–Crippen LogP) is 2.15. The zero-order chi connectivity index (χ0) is 11.8. The van der Waals surface area contributed by atoms with Crippen molar-refractivity contribution in [2.24, 2.45) is 0 Å². The van der Waals surface area contributed by atoms with E-state index in [1.54, 1.807) is 0 Å². The Kier molecular flexibility index (Phi) is 5.78. The molecule has 1 rings (SSSR count). The van der Waals surface area contributed by atoms with Crippen LogP contribution in [0.4, 0.5) is 0 Å². The highest BCUT2D eigenvalue weighted by Gasteiger charge is 1.99. The topological polar surface area (TPSA) is 47.0 Å². The Morgan fingerprint density at radius 3 is 2.69 bits per heavy atom. The van der Waals surface area contributed by atoms with Crippen LogP contribution in [0.5, 0.6) is 5.88 Å². The van der Waals surface area contributed by atoms with Crippen LogP contribution in [0.1, 0.15) is 39.3 Å². The molecular weight excluding hydrogens is 202 g/mol. The number of rotatable bonds is 7. The second-order valence-corrected chi connectivity index (χ2v) is 4.10. The van der Waals surface area contributed by atoms with E-state index in [1.165, 1.54) is 0 Å². The van der Waals surface area contributed by atoms with Gasteiger partial charge in [0.05, 0.1) is 12.3 Å². The molecule has 1 aromatic rings. The molecule has 0 fully saturated rings. The fourth-order valence-electron chi connectivity index (χ4n) is 1.15. The smallest absolute Gasteiger partial charge is 0.233 e. The van der Waals surface area contributed by atoms with Crippen molar-refractivity contribution in [3.63, 3.8) is 0 Å². The molecule has 0 amide bonds. The Hall–Kier alpha value is -1.16. The minimum absolute atomic E-state index is 0.460. The van der Waals surface area contributed by atoms with Gasteiger partial charge in [0, 0.05) is 18.7 Å². The first-order valence-electron chi connectivity index (χ1n) is 5.91. The van der Waals surface area contributed by atoms with E-state index >= 15 is 0 Å². The van der Waals surface area contributed by atoms with E-state index < -0.39 is 0 Å². The van der Waals surface area contributed by atoms with Crippen molar-refractivity contribution in [3.8, 4) is 5.88 Å². The summed E-state index contributed by atoms with van der Waals surface area (Å²) in [5.74, 6) is 0.613. The van der Waals surface area contributed by atoms with Gasteiger partial charge in [-0.25, -0.2) is 0 Å². The van der Waals surface area contributed by atoms with Crippen LogP contribution in [0.2, 0.25) is 0 Å². The van der Waals surface area contributed by atoms with Crippen molar-refractivity contribution in [2.45, 2.75) is 46.2 Å². The van der Waals surface area contributed by atoms with Gasteiger partial charge in [0.15, 0.2) is 0 Å². The maximum absolute atomic E-state index is 5.43. The highest BCUT2D eigenvalue weighted by Crippen LogP contribution is 2.05. The molecule has 4 heteroatoms. The van der Waals surface area contributed by atoms with Crippen molar-refractivity contribution in [1.82, 2.24) is 15.5 Å². The van der Waals surface area contributed by atoms with Gasteiger partial charge in [0.2, 0.25) is 5.88 Å². The van der Waals surface area contributed by atoms with Crippen LogP contribution in [0.15, 0.2) is 12.1 Å². The Labute approximate surface area is 97.4 Å². The highest BCUT2D eigenvalue weighted by atomic mass is 16.5. The normalized spacial score (nSPS) is 10.8. The molecule has 0 aromatic carbocycles. The van der Waals surface area contributed by atoms with Gasteiger partial charge in [-0.05, 0) is 12.5 Å². The van der Waals surface area contributed by atoms with Crippen LogP contribution in [-0.4, -0.2) is 22.8 Å². The van der Waals surface area contributed by atoms with Gasteiger partial charge < -0.3 is 10.1 Å². The predicted molar refractivity (Wildman–Crippen MR) is 64.4 cm³/mol. The van der Waals surface area contributed by atoms with Crippen molar-refractivity contribution in [2.75, 3.05) is 6.61 Å². The molecule has 1 aromatic heterocycles. The van der Waals surface area contributed by atoms with E-state index in [9.17, 15) is 0 Å². The summed E-state index contributed by atoms with van der Waals surface area (Å²) < 4.78 is 5.43. The number of nitrogens with one attached hydrogen (secondary N) is 1. The first-order valence-corrected chi connectivity index (χ1v) is 5.91. The van der Waals surface area contributed by atoms with Crippen LogP contribution in [-0.2, 0) is 6.54 Å². The molecule has 0 unspecified atom stereocenters. The molecule has 0 spiro atoms. The third kappa shape index (κ3) is 5.07. The third-order valence-electron chi connectivity index (χ3n) is 2.13. The average Bonchev–Trinajstić information content (AvgIpc) is 2.28. The Bertz CT molecular complexity index is 285. The van der Waals surface area contributed by atoms with E-state index in [1.807, 2.05) is 12.1 Å². The fourth-order valence-corrected chi connectivity index (χ4v) is 1.15. The fraction of sp³-hybridized carbons (Fsp3) is 0.667. The zero-order valence-corrected chi connectivity index (χ0v) is 10.4. The summed E-state index contributed by atoms with van der Waals surface area (Å²) >= 11 is 0. The number of ether oxygens (including phenoxy) is 1. The standard InChI is InChI=1S/C12H21N3O/c1-4-5-8-16-12-7-6-11(14-15-12)9-13-10(2)3/h6-7,10,13H,4-5,8-9H2,1-3H3. The van der Waals surface area contributed by atoms with E-state index in [4.69, 9.17) is 4.74 Å². The maximum Gasteiger partial charge on any atom is 0.233 e. The second kappa shape index (κ2) is 7.17. The molecule has 16 heavy (non-hydrogen) atoms. The van der Waals surface area contributed by atoms with Gasteiger partial charge in [0.25, 0.3) is 0 Å². The molecular formula is C12H21N3O. The number of aromatic nitrogens is 2. The second-order valence-electron chi connectivity index (χ2n) is 4.10. The molecule has 0 radical (unpaired) electrons. The summed E-state index contributed by atoms with van der Waals surface area (Å²) in [5.41, 5.74) is 0.941. The van der Waals surface area contributed by atoms with Gasteiger partial charge in [0.1, 0.15) is 0 Å². The number of unbranched alkanes of at least 4 members (excludes halogenated alkanes) is 1. The van der Waals surface area contributed by atoms with Gasteiger partial charge in [-0.15, -0.1) is 5.10 Å². The Morgan fingerprint density at radius 1 is 1.31 bits per heavy atom. The molecule has 0 atom stereocenters. The van der Waals surface area contributed by atoms with Crippen LogP contribution < -0.4 is 10.1 Å². The van der Waals surface area contributed by atoms with E-state index in [0.717, 1.165) is 31.7 Å². The largest absolute Gasteiger partial charge is 0.477 e. The molecule has 1 heterocycles. The van der Waals surface area contributed by atoms with Crippen LogP contribution in [0.3, 0.4) is 0 Å². The van der Waals surface area contributed by atoms with E-state index in [0.29, 0.717) is 11.9 Å². The first-order chi connectivity index (χ1) is 7.72.